The lowest BCUT2D eigenvalue weighted by atomic mass is 10.1. The number of anilines is 1. The summed E-state index contributed by atoms with van der Waals surface area (Å²) in [6.07, 6.45) is 2.75. The van der Waals surface area contributed by atoms with E-state index in [1.165, 1.54) is 5.56 Å². The second kappa shape index (κ2) is 5.82. The van der Waals surface area contributed by atoms with Gasteiger partial charge in [0.15, 0.2) is 0 Å². The molecule has 0 aliphatic carbocycles. The lowest BCUT2D eigenvalue weighted by Gasteiger charge is -2.25. The molecule has 0 saturated carbocycles. The predicted molar refractivity (Wildman–Crippen MR) is 89.3 cm³/mol. The number of hydrogen-bond donors (Lipinski definition) is 0. The van der Waals surface area contributed by atoms with Crippen LogP contribution in [0.5, 0.6) is 0 Å². The molecule has 5 nitrogen and oxygen atoms in total. The molecular weight excluding hydrogens is 304 g/mol. The number of carbonyl (C=O) groups excluding carboxylic acids is 2. The Morgan fingerprint density at radius 1 is 1.21 bits per heavy atom. The molecule has 2 atom stereocenters. The van der Waals surface area contributed by atoms with Crippen molar-refractivity contribution < 1.29 is 14.0 Å². The molecule has 3 heterocycles. The number of benzene rings is 1. The van der Waals surface area contributed by atoms with E-state index in [4.69, 9.17) is 4.42 Å². The molecule has 0 radical (unpaired) electrons. The summed E-state index contributed by atoms with van der Waals surface area (Å²) in [5.74, 6) is 0.546. The highest BCUT2D eigenvalue weighted by atomic mass is 16.3. The third kappa shape index (κ3) is 2.50. The summed E-state index contributed by atoms with van der Waals surface area (Å²) in [6.45, 7) is 2.96. The van der Waals surface area contributed by atoms with Gasteiger partial charge in [-0.05, 0) is 37.1 Å². The highest BCUT2D eigenvalue weighted by Gasteiger charge is 2.40. The van der Waals surface area contributed by atoms with Crippen LogP contribution in [-0.2, 0) is 22.6 Å². The van der Waals surface area contributed by atoms with Crippen LogP contribution < -0.4 is 4.90 Å². The predicted octanol–water partition coefficient (Wildman–Crippen LogP) is 2.61. The number of carbonyl (C=O) groups is 2. The van der Waals surface area contributed by atoms with Crippen LogP contribution in [-0.4, -0.2) is 29.3 Å². The van der Waals surface area contributed by atoms with Crippen LogP contribution in [0.25, 0.3) is 0 Å². The minimum absolute atomic E-state index is 0.0184. The molecule has 1 aromatic carbocycles. The van der Waals surface area contributed by atoms with Crippen LogP contribution in [0.2, 0.25) is 0 Å². The van der Waals surface area contributed by atoms with E-state index >= 15 is 0 Å². The zero-order valence-electron chi connectivity index (χ0n) is 13.6. The highest BCUT2D eigenvalue weighted by molar-refractivity contribution is 6.01. The van der Waals surface area contributed by atoms with Gasteiger partial charge in [0.05, 0.1) is 18.7 Å². The maximum Gasteiger partial charge on any atom is 0.232 e. The second-order valence-electron chi connectivity index (χ2n) is 6.64. The van der Waals surface area contributed by atoms with Crippen LogP contribution in [0.3, 0.4) is 0 Å². The van der Waals surface area contributed by atoms with E-state index in [2.05, 4.69) is 13.0 Å². The van der Waals surface area contributed by atoms with Gasteiger partial charge in [-0.3, -0.25) is 9.59 Å². The van der Waals surface area contributed by atoms with Crippen molar-refractivity contribution in [3.05, 3.63) is 54.0 Å². The van der Waals surface area contributed by atoms with Gasteiger partial charge in [-0.1, -0.05) is 18.2 Å². The van der Waals surface area contributed by atoms with Crippen molar-refractivity contribution in [3.8, 4) is 0 Å². The Morgan fingerprint density at radius 2 is 2.04 bits per heavy atom. The van der Waals surface area contributed by atoms with Crippen molar-refractivity contribution in [2.45, 2.75) is 32.4 Å². The first-order valence-corrected chi connectivity index (χ1v) is 8.34. The molecule has 1 saturated heterocycles. The van der Waals surface area contributed by atoms with Crippen molar-refractivity contribution in [1.29, 1.82) is 0 Å². The van der Waals surface area contributed by atoms with Crippen molar-refractivity contribution in [3.63, 3.8) is 0 Å². The molecule has 24 heavy (non-hydrogen) atoms. The zero-order chi connectivity index (χ0) is 16.7. The van der Waals surface area contributed by atoms with E-state index in [1.807, 2.05) is 29.2 Å². The lowest BCUT2D eigenvalue weighted by Crippen LogP contribution is -2.41. The van der Waals surface area contributed by atoms with Gasteiger partial charge in [-0.25, -0.2) is 0 Å². The Morgan fingerprint density at radius 3 is 2.83 bits per heavy atom. The lowest BCUT2D eigenvalue weighted by molar-refractivity contribution is -0.129. The van der Waals surface area contributed by atoms with Crippen LogP contribution in [0.1, 0.15) is 24.7 Å². The Balaban J connectivity index is 1.50. The van der Waals surface area contributed by atoms with Gasteiger partial charge in [0.1, 0.15) is 5.76 Å². The van der Waals surface area contributed by atoms with E-state index in [0.29, 0.717) is 13.1 Å². The minimum Gasteiger partial charge on any atom is -0.467 e. The Hall–Kier alpha value is -2.56. The van der Waals surface area contributed by atoms with Crippen LogP contribution in [0, 0.1) is 5.92 Å². The van der Waals surface area contributed by atoms with Gasteiger partial charge in [-0.2, -0.15) is 0 Å². The van der Waals surface area contributed by atoms with Gasteiger partial charge in [0, 0.05) is 24.7 Å². The number of hydrogen-bond acceptors (Lipinski definition) is 3. The summed E-state index contributed by atoms with van der Waals surface area (Å²) in [7, 11) is 0. The number of furan rings is 1. The van der Waals surface area contributed by atoms with Gasteiger partial charge in [0.25, 0.3) is 0 Å². The first-order valence-electron chi connectivity index (χ1n) is 8.34. The quantitative estimate of drug-likeness (QED) is 0.872. The fourth-order valence-electron chi connectivity index (χ4n) is 3.78. The van der Waals surface area contributed by atoms with E-state index in [-0.39, 0.29) is 30.2 Å². The topological polar surface area (TPSA) is 53.8 Å². The number of fused-ring (bicyclic) bond motifs is 1. The van der Waals surface area contributed by atoms with Gasteiger partial charge < -0.3 is 14.2 Å². The van der Waals surface area contributed by atoms with E-state index in [1.54, 1.807) is 17.2 Å². The monoisotopic (exact) mass is 324 g/mol. The first kappa shape index (κ1) is 15.0. The molecule has 0 bridgehead atoms. The van der Waals surface area contributed by atoms with E-state index in [0.717, 1.165) is 17.9 Å². The van der Waals surface area contributed by atoms with Crippen molar-refractivity contribution in [1.82, 2.24) is 4.90 Å². The van der Waals surface area contributed by atoms with Gasteiger partial charge in [0.2, 0.25) is 11.8 Å². The maximum atomic E-state index is 13.0. The molecule has 2 aliphatic rings. The number of likely N-dealkylation sites (tertiary alicyclic amines) is 1. The first-order chi connectivity index (χ1) is 11.6. The average Bonchev–Trinajstić information content (AvgIpc) is 3.26. The molecular formula is C19H20N2O3. The van der Waals surface area contributed by atoms with Gasteiger partial charge >= 0.3 is 0 Å². The average molecular weight is 324 g/mol. The summed E-state index contributed by atoms with van der Waals surface area (Å²) in [5.41, 5.74) is 2.20. The molecule has 2 aliphatic heterocycles. The number of para-hydroxylation sites is 1. The molecule has 0 unspecified atom stereocenters. The third-order valence-electron chi connectivity index (χ3n) is 4.94. The number of rotatable bonds is 3. The van der Waals surface area contributed by atoms with Crippen LogP contribution >= 0.6 is 0 Å². The molecule has 0 spiro atoms. The Kier molecular flexibility index (Phi) is 3.63. The van der Waals surface area contributed by atoms with Gasteiger partial charge in [-0.15, -0.1) is 0 Å². The zero-order valence-corrected chi connectivity index (χ0v) is 13.6. The molecule has 124 valence electrons. The molecule has 0 N–H and O–H groups in total. The summed E-state index contributed by atoms with van der Waals surface area (Å²) >= 11 is 0. The summed E-state index contributed by atoms with van der Waals surface area (Å²) in [4.78, 5) is 28.9. The normalized spacial score (nSPS) is 23.0. The second-order valence-corrected chi connectivity index (χ2v) is 6.64. The van der Waals surface area contributed by atoms with Crippen LogP contribution in [0.4, 0.5) is 5.69 Å². The van der Waals surface area contributed by atoms with Crippen molar-refractivity contribution in [2.75, 3.05) is 11.4 Å². The van der Waals surface area contributed by atoms with Crippen molar-refractivity contribution in [2.24, 2.45) is 5.92 Å². The molecule has 2 amide bonds. The standard InChI is InChI=1S/C19H20N2O3/c1-13-9-14-5-2-3-7-17(14)21(13)19(23)15-10-18(22)20(11-15)12-16-6-4-8-24-16/h2-8,13,15H,9-12H2,1H3/t13-,15-/m1/s1. The summed E-state index contributed by atoms with van der Waals surface area (Å²) in [5, 5.41) is 0. The highest BCUT2D eigenvalue weighted by Crippen LogP contribution is 2.34. The Labute approximate surface area is 140 Å². The molecule has 1 fully saturated rings. The number of nitrogens with zero attached hydrogens (tertiary/aromatic N) is 2. The largest absolute Gasteiger partial charge is 0.467 e. The summed E-state index contributed by atoms with van der Waals surface area (Å²) < 4.78 is 5.31. The minimum atomic E-state index is -0.277. The van der Waals surface area contributed by atoms with Crippen LogP contribution in [0.15, 0.2) is 47.1 Å². The number of amides is 2. The SMILES string of the molecule is C[C@@H]1Cc2ccccc2N1C(=O)[C@@H]1CC(=O)N(Cc2ccco2)C1. The fraction of sp³-hybridized carbons (Fsp3) is 0.368. The smallest absolute Gasteiger partial charge is 0.232 e. The molecule has 2 aromatic rings. The summed E-state index contributed by atoms with van der Waals surface area (Å²) in [6, 6.07) is 11.8. The van der Waals surface area contributed by atoms with Crippen molar-refractivity contribution >= 4 is 17.5 Å². The maximum absolute atomic E-state index is 13.0. The molecule has 4 rings (SSSR count). The fourth-order valence-corrected chi connectivity index (χ4v) is 3.78. The van der Waals surface area contributed by atoms with E-state index < -0.39 is 0 Å². The third-order valence-corrected chi connectivity index (χ3v) is 4.94. The molecule has 1 aromatic heterocycles. The Bertz CT molecular complexity index is 769. The van der Waals surface area contributed by atoms with E-state index in [9.17, 15) is 9.59 Å². The molecule has 5 heteroatoms.